The maximum absolute atomic E-state index is 13.2. The standard InChI is InChI=1S/C21H27ClN2O3/c1-27-18-3-2-12(7-16(18)22)8-17(19(23)25)24-20(26)21-9-13-4-14(10-21)6-15(5-13)11-21/h2-3,7,13-15,17H,4-6,8-11H2,1H3,(H2,23,25)(H,24,26)/t13?,14?,15?,17-,21?/m0/s1. The number of methoxy groups -OCH3 is 1. The third-order valence-corrected chi connectivity index (χ3v) is 7.12. The largest absolute Gasteiger partial charge is 0.495 e. The molecule has 3 N–H and O–H groups in total. The molecule has 6 heteroatoms. The number of nitrogens with one attached hydrogen (secondary N) is 1. The molecule has 4 saturated carbocycles. The van der Waals surface area contributed by atoms with E-state index in [4.69, 9.17) is 22.1 Å². The van der Waals surface area contributed by atoms with Gasteiger partial charge in [0.25, 0.3) is 0 Å². The van der Waals surface area contributed by atoms with Crippen molar-refractivity contribution in [3.8, 4) is 5.75 Å². The summed E-state index contributed by atoms with van der Waals surface area (Å²) in [6.45, 7) is 0. The summed E-state index contributed by atoms with van der Waals surface area (Å²) in [5.41, 5.74) is 6.16. The molecule has 0 heterocycles. The van der Waals surface area contributed by atoms with Crippen molar-refractivity contribution >= 4 is 23.4 Å². The minimum absolute atomic E-state index is 0.0185. The van der Waals surface area contributed by atoms with E-state index >= 15 is 0 Å². The summed E-state index contributed by atoms with van der Waals surface area (Å²) in [5, 5.41) is 3.46. The molecule has 0 radical (unpaired) electrons. The second-order valence-electron chi connectivity index (χ2n) is 8.80. The summed E-state index contributed by atoms with van der Waals surface area (Å²) >= 11 is 6.18. The number of nitrogens with two attached hydrogens (primary N) is 1. The molecule has 146 valence electrons. The van der Waals surface area contributed by atoms with Gasteiger partial charge in [-0.25, -0.2) is 0 Å². The molecular formula is C21H27ClN2O3. The summed E-state index contributed by atoms with van der Waals surface area (Å²) in [6.07, 6.45) is 7.04. The first-order valence-corrected chi connectivity index (χ1v) is 10.2. The summed E-state index contributed by atoms with van der Waals surface area (Å²) < 4.78 is 5.16. The number of ether oxygens (including phenoxy) is 1. The van der Waals surface area contributed by atoms with Gasteiger partial charge < -0.3 is 15.8 Å². The van der Waals surface area contributed by atoms with E-state index in [-0.39, 0.29) is 11.3 Å². The number of rotatable bonds is 6. The number of carbonyl (C=O) groups is 2. The van der Waals surface area contributed by atoms with Gasteiger partial charge >= 0.3 is 0 Å². The van der Waals surface area contributed by atoms with E-state index in [0.29, 0.717) is 34.9 Å². The number of carbonyl (C=O) groups excluding carboxylic acids is 2. The number of hydrogen-bond acceptors (Lipinski definition) is 3. The van der Waals surface area contributed by atoms with Crippen LogP contribution < -0.4 is 15.8 Å². The predicted octanol–water partition coefficient (Wildman–Crippen LogP) is 3.08. The lowest BCUT2D eigenvalue weighted by molar-refractivity contribution is -0.148. The van der Waals surface area contributed by atoms with Crippen molar-refractivity contribution in [2.45, 2.75) is 51.0 Å². The highest BCUT2D eigenvalue weighted by atomic mass is 35.5. The van der Waals surface area contributed by atoms with Crippen molar-refractivity contribution in [2.24, 2.45) is 28.9 Å². The van der Waals surface area contributed by atoms with Crippen LogP contribution in [-0.4, -0.2) is 25.0 Å². The molecule has 2 amide bonds. The second kappa shape index (κ2) is 7.01. The van der Waals surface area contributed by atoms with Gasteiger partial charge in [0, 0.05) is 11.8 Å². The Kier molecular flexibility index (Phi) is 4.83. The number of amides is 2. The van der Waals surface area contributed by atoms with Crippen LogP contribution in [0.25, 0.3) is 0 Å². The molecule has 0 saturated heterocycles. The fourth-order valence-corrected chi connectivity index (χ4v) is 6.28. The summed E-state index contributed by atoms with van der Waals surface area (Å²) in [7, 11) is 1.55. The van der Waals surface area contributed by atoms with Gasteiger partial charge in [0.15, 0.2) is 0 Å². The zero-order chi connectivity index (χ0) is 19.2. The molecule has 4 fully saturated rings. The SMILES string of the molecule is COc1ccc(C[C@H](NC(=O)C23CC4CC(CC(C4)C2)C3)C(N)=O)cc1Cl. The van der Waals surface area contributed by atoms with Crippen LogP contribution in [0.5, 0.6) is 5.75 Å². The van der Waals surface area contributed by atoms with Crippen LogP contribution in [0.3, 0.4) is 0 Å². The average Bonchev–Trinajstić information content (AvgIpc) is 2.60. The van der Waals surface area contributed by atoms with Crippen LogP contribution in [0.1, 0.15) is 44.1 Å². The van der Waals surface area contributed by atoms with E-state index < -0.39 is 11.9 Å². The maximum atomic E-state index is 13.2. The van der Waals surface area contributed by atoms with Crippen molar-refractivity contribution in [3.05, 3.63) is 28.8 Å². The first kappa shape index (κ1) is 18.6. The molecule has 5 rings (SSSR count). The van der Waals surface area contributed by atoms with Gasteiger partial charge in [-0.15, -0.1) is 0 Å². The third kappa shape index (κ3) is 3.54. The highest BCUT2D eigenvalue weighted by Crippen LogP contribution is 2.60. The molecule has 1 aromatic rings. The van der Waals surface area contributed by atoms with Gasteiger partial charge in [0.1, 0.15) is 11.8 Å². The van der Waals surface area contributed by atoms with Gasteiger partial charge in [0.05, 0.1) is 12.1 Å². The van der Waals surface area contributed by atoms with E-state index in [1.54, 1.807) is 19.2 Å². The number of primary amides is 1. The molecule has 0 aromatic heterocycles. The van der Waals surface area contributed by atoms with Crippen LogP contribution in [-0.2, 0) is 16.0 Å². The van der Waals surface area contributed by atoms with Crippen molar-refractivity contribution in [3.63, 3.8) is 0 Å². The highest BCUT2D eigenvalue weighted by molar-refractivity contribution is 6.32. The Morgan fingerprint density at radius 3 is 2.30 bits per heavy atom. The van der Waals surface area contributed by atoms with Crippen LogP contribution in [0.4, 0.5) is 0 Å². The first-order chi connectivity index (χ1) is 12.9. The van der Waals surface area contributed by atoms with Crippen LogP contribution >= 0.6 is 11.6 Å². The lowest BCUT2D eigenvalue weighted by atomic mass is 9.49. The Balaban J connectivity index is 1.48. The molecule has 4 aliphatic carbocycles. The molecular weight excluding hydrogens is 364 g/mol. The van der Waals surface area contributed by atoms with Crippen molar-refractivity contribution in [2.75, 3.05) is 7.11 Å². The van der Waals surface area contributed by atoms with Gasteiger partial charge in [0.2, 0.25) is 11.8 Å². The lowest BCUT2D eigenvalue weighted by Gasteiger charge is -2.55. The van der Waals surface area contributed by atoms with Gasteiger partial charge in [-0.1, -0.05) is 17.7 Å². The topological polar surface area (TPSA) is 81.4 Å². The number of benzene rings is 1. The predicted molar refractivity (Wildman–Crippen MR) is 103 cm³/mol. The summed E-state index contributed by atoms with van der Waals surface area (Å²) in [4.78, 5) is 25.2. The van der Waals surface area contributed by atoms with Gasteiger partial charge in [-0.05, 0) is 74.0 Å². The molecule has 4 bridgehead atoms. The molecule has 4 aliphatic rings. The normalized spacial score (nSPS) is 32.1. The van der Waals surface area contributed by atoms with E-state index in [0.717, 1.165) is 24.8 Å². The Morgan fingerprint density at radius 1 is 1.22 bits per heavy atom. The Morgan fingerprint density at radius 2 is 1.81 bits per heavy atom. The molecule has 5 nitrogen and oxygen atoms in total. The zero-order valence-electron chi connectivity index (χ0n) is 15.7. The molecule has 0 aliphatic heterocycles. The summed E-state index contributed by atoms with van der Waals surface area (Å²) in [5.74, 6) is 2.11. The number of halogens is 1. The van der Waals surface area contributed by atoms with Crippen molar-refractivity contribution in [1.29, 1.82) is 0 Å². The van der Waals surface area contributed by atoms with Crippen LogP contribution in [0.2, 0.25) is 5.02 Å². The fourth-order valence-electron chi connectivity index (χ4n) is 6.00. The average molecular weight is 391 g/mol. The quantitative estimate of drug-likeness (QED) is 0.783. The van der Waals surface area contributed by atoms with Gasteiger partial charge in [-0.3, -0.25) is 9.59 Å². The first-order valence-electron chi connectivity index (χ1n) is 9.81. The Labute approximate surface area is 165 Å². The molecule has 0 spiro atoms. The van der Waals surface area contributed by atoms with Crippen LogP contribution in [0.15, 0.2) is 18.2 Å². The van der Waals surface area contributed by atoms with Crippen LogP contribution in [0, 0.1) is 23.2 Å². The summed E-state index contributed by atoms with van der Waals surface area (Å²) in [6, 6.07) is 4.64. The van der Waals surface area contributed by atoms with E-state index in [1.165, 1.54) is 19.3 Å². The van der Waals surface area contributed by atoms with E-state index in [9.17, 15) is 9.59 Å². The molecule has 27 heavy (non-hydrogen) atoms. The minimum atomic E-state index is -0.727. The molecule has 1 aromatic carbocycles. The minimum Gasteiger partial charge on any atom is -0.495 e. The third-order valence-electron chi connectivity index (χ3n) is 6.82. The van der Waals surface area contributed by atoms with E-state index in [2.05, 4.69) is 5.32 Å². The zero-order valence-corrected chi connectivity index (χ0v) is 16.4. The Hall–Kier alpha value is -1.75. The fraction of sp³-hybridized carbons (Fsp3) is 0.619. The van der Waals surface area contributed by atoms with Crippen molar-refractivity contribution in [1.82, 2.24) is 5.32 Å². The maximum Gasteiger partial charge on any atom is 0.240 e. The lowest BCUT2D eigenvalue weighted by Crippen LogP contribution is -2.57. The Bertz CT molecular complexity index is 729. The van der Waals surface area contributed by atoms with Crippen molar-refractivity contribution < 1.29 is 14.3 Å². The van der Waals surface area contributed by atoms with E-state index in [1.807, 2.05) is 6.07 Å². The number of hydrogen-bond donors (Lipinski definition) is 2. The van der Waals surface area contributed by atoms with Gasteiger partial charge in [-0.2, -0.15) is 0 Å². The molecule has 1 atom stereocenters. The second-order valence-corrected chi connectivity index (χ2v) is 9.21. The molecule has 0 unspecified atom stereocenters. The smallest absolute Gasteiger partial charge is 0.240 e. The highest BCUT2D eigenvalue weighted by Gasteiger charge is 2.54. The monoisotopic (exact) mass is 390 g/mol.